The SMILES string of the molecule is Cl.O=C(NCC1CNC1)C1CCCCN1C(=O)c1ccc(Br)c(F)c1. The lowest BCUT2D eigenvalue weighted by molar-refractivity contribution is -0.126. The molecule has 2 fully saturated rings. The second-order valence-corrected chi connectivity index (χ2v) is 7.26. The van der Waals surface area contributed by atoms with E-state index in [4.69, 9.17) is 0 Å². The van der Waals surface area contributed by atoms with Crippen molar-refractivity contribution in [2.45, 2.75) is 25.3 Å². The van der Waals surface area contributed by atoms with Crippen molar-refractivity contribution in [2.24, 2.45) is 5.92 Å². The number of nitrogens with one attached hydrogen (secondary N) is 2. The van der Waals surface area contributed by atoms with Gasteiger partial charge in [0.1, 0.15) is 11.9 Å². The minimum Gasteiger partial charge on any atom is -0.354 e. The van der Waals surface area contributed by atoms with Gasteiger partial charge in [0.05, 0.1) is 4.47 Å². The minimum atomic E-state index is -0.476. The Bertz CT molecular complexity index is 642. The van der Waals surface area contributed by atoms with E-state index in [1.54, 1.807) is 11.0 Å². The molecule has 8 heteroatoms. The average molecular weight is 435 g/mol. The third kappa shape index (κ3) is 4.71. The van der Waals surface area contributed by atoms with E-state index >= 15 is 0 Å². The molecular formula is C17H22BrClFN3O2. The maximum atomic E-state index is 13.7. The van der Waals surface area contributed by atoms with Crippen LogP contribution >= 0.6 is 28.3 Å². The Morgan fingerprint density at radius 1 is 1.32 bits per heavy atom. The van der Waals surface area contributed by atoms with Gasteiger partial charge in [-0.25, -0.2) is 4.39 Å². The number of amides is 2. The molecule has 2 saturated heterocycles. The van der Waals surface area contributed by atoms with E-state index in [-0.39, 0.29) is 29.8 Å². The highest BCUT2D eigenvalue weighted by Crippen LogP contribution is 2.22. The Kier molecular flexibility index (Phi) is 7.22. The molecular weight excluding hydrogens is 413 g/mol. The van der Waals surface area contributed by atoms with E-state index < -0.39 is 11.9 Å². The molecule has 0 saturated carbocycles. The molecule has 0 aromatic heterocycles. The summed E-state index contributed by atoms with van der Waals surface area (Å²) < 4.78 is 14.0. The molecule has 1 aromatic carbocycles. The molecule has 2 heterocycles. The lowest BCUT2D eigenvalue weighted by Gasteiger charge is -2.35. The van der Waals surface area contributed by atoms with Crippen LogP contribution in [0.1, 0.15) is 29.6 Å². The van der Waals surface area contributed by atoms with Crippen molar-refractivity contribution in [3.63, 3.8) is 0 Å². The fourth-order valence-electron chi connectivity index (χ4n) is 3.10. The third-order valence-electron chi connectivity index (χ3n) is 4.66. The number of halogens is 3. The third-order valence-corrected chi connectivity index (χ3v) is 5.31. The maximum absolute atomic E-state index is 13.7. The lowest BCUT2D eigenvalue weighted by Crippen LogP contribution is -2.54. The number of hydrogen-bond acceptors (Lipinski definition) is 3. The fraction of sp³-hybridized carbons (Fsp3) is 0.529. The lowest BCUT2D eigenvalue weighted by atomic mass is 9.99. The number of nitrogens with zero attached hydrogens (tertiary/aromatic N) is 1. The Balaban J connectivity index is 0.00000225. The first-order valence-corrected chi connectivity index (χ1v) is 9.10. The summed E-state index contributed by atoms with van der Waals surface area (Å²) in [6.07, 6.45) is 2.43. The molecule has 1 unspecified atom stereocenters. The van der Waals surface area contributed by atoms with E-state index in [1.807, 2.05) is 0 Å². The van der Waals surface area contributed by atoms with Gasteiger partial charge >= 0.3 is 0 Å². The van der Waals surface area contributed by atoms with Gasteiger partial charge in [0, 0.05) is 37.7 Å². The second kappa shape index (κ2) is 8.96. The normalized spacial score (nSPS) is 20.4. The van der Waals surface area contributed by atoms with Gasteiger partial charge in [-0.05, 0) is 53.4 Å². The van der Waals surface area contributed by atoms with Gasteiger partial charge in [-0.1, -0.05) is 0 Å². The predicted molar refractivity (Wildman–Crippen MR) is 99.4 cm³/mol. The van der Waals surface area contributed by atoms with Gasteiger partial charge in [-0.3, -0.25) is 9.59 Å². The van der Waals surface area contributed by atoms with Gasteiger partial charge in [0.2, 0.25) is 5.91 Å². The molecule has 3 rings (SSSR count). The standard InChI is InChI=1S/C17H21BrFN3O2.ClH/c18-13-5-4-12(7-14(13)19)17(24)22-6-2-1-3-15(22)16(23)21-10-11-8-20-9-11;/h4-5,7,11,15,20H,1-3,6,8-10H2,(H,21,23);1H. The predicted octanol–water partition coefficient (Wildman–Crippen LogP) is 2.34. The molecule has 25 heavy (non-hydrogen) atoms. The molecule has 1 aromatic rings. The zero-order valence-electron chi connectivity index (χ0n) is 13.8. The van der Waals surface area contributed by atoms with E-state index in [9.17, 15) is 14.0 Å². The summed E-state index contributed by atoms with van der Waals surface area (Å²) in [5, 5.41) is 6.12. The first-order valence-electron chi connectivity index (χ1n) is 8.30. The van der Waals surface area contributed by atoms with Crippen LogP contribution in [-0.4, -0.2) is 48.9 Å². The minimum absolute atomic E-state index is 0. The molecule has 5 nitrogen and oxygen atoms in total. The van der Waals surface area contributed by atoms with Gasteiger partial charge in [0.25, 0.3) is 5.91 Å². The highest BCUT2D eigenvalue weighted by Gasteiger charge is 2.33. The highest BCUT2D eigenvalue weighted by atomic mass is 79.9. The summed E-state index contributed by atoms with van der Waals surface area (Å²) in [6, 6.07) is 3.85. The fourth-order valence-corrected chi connectivity index (χ4v) is 3.34. The first-order chi connectivity index (χ1) is 11.6. The van der Waals surface area contributed by atoms with Crippen molar-refractivity contribution < 1.29 is 14.0 Å². The number of carbonyl (C=O) groups excluding carboxylic acids is 2. The number of rotatable bonds is 4. The zero-order valence-corrected chi connectivity index (χ0v) is 16.2. The number of likely N-dealkylation sites (tertiary alicyclic amines) is 1. The monoisotopic (exact) mass is 433 g/mol. The second-order valence-electron chi connectivity index (χ2n) is 6.41. The molecule has 0 radical (unpaired) electrons. The van der Waals surface area contributed by atoms with Crippen LogP contribution in [-0.2, 0) is 4.79 Å². The van der Waals surface area contributed by atoms with Crippen LogP contribution in [0.3, 0.4) is 0 Å². The molecule has 0 spiro atoms. The summed E-state index contributed by atoms with van der Waals surface area (Å²) in [4.78, 5) is 26.8. The molecule has 0 aliphatic carbocycles. The Morgan fingerprint density at radius 3 is 2.72 bits per heavy atom. The van der Waals surface area contributed by atoms with Crippen LogP contribution in [0, 0.1) is 11.7 Å². The summed E-state index contributed by atoms with van der Waals surface area (Å²) in [5.74, 6) is -0.391. The quantitative estimate of drug-likeness (QED) is 0.765. The van der Waals surface area contributed by atoms with Crippen LogP contribution in [0.25, 0.3) is 0 Å². The molecule has 2 aliphatic heterocycles. The summed E-state index contributed by atoms with van der Waals surface area (Å²) >= 11 is 3.09. The number of piperidine rings is 1. The van der Waals surface area contributed by atoms with E-state index in [2.05, 4.69) is 26.6 Å². The van der Waals surface area contributed by atoms with Gasteiger partial charge in [-0.2, -0.15) is 0 Å². The van der Waals surface area contributed by atoms with Crippen molar-refractivity contribution in [1.82, 2.24) is 15.5 Å². The highest BCUT2D eigenvalue weighted by molar-refractivity contribution is 9.10. The molecule has 138 valence electrons. The first kappa shape index (κ1) is 20.1. The van der Waals surface area contributed by atoms with Crippen molar-refractivity contribution in [3.05, 3.63) is 34.1 Å². The summed E-state index contributed by atoms with van der Waals surface area (Å²) in [7, 11) is 0. The molecule has 2 aliphatic rings. The molecule has 1 atom stereocenters. The van der Waals surface area contributed by atoms with Crippen molar-refractivity contribution in [3.8, 4) is 0 Å². The van der Waals surface area contributed by atoms with Gasteiger partial charge in [0.15, 0.2) is 0 Å². The van der Waals surface area contributed by atoms with E-state index in [1.165, 1.54) is 12.1 Å². The van der Waals surface area contributed by atoms with Crippen molar-refractivity contribution >= 4 is 40.2 Å². The Hall–Kier alpha value is -1.18. The van der Waals surface area contributed by atoms with E-state index in [0.29, 0.717) is 29.9 Å². The molecule has 0 bridgehead atoms. The summed E-state index contributed by atoms with van der Waals surface area (Å²) in [6.45, 7) is 3.01. The van der Waals surface area contributed by atoms with E-state index in [0.717, 1.165) is 25.9 Å². The maximum Gasteiger partial charge on any atom is 0.254 e. The van der Waals surface area contributed by atoms with Crippen LogP contribution in [0.5, 0.6) is 0 Å². The summed E-state index contributed by atoms with van der Waals surface area (Å²) in [5.41, 5.74) is 0.276. The largest absolute Gasteiger partial charge is 0.354 e. The Morgan fingerprint density at radius 2 is 2.08 bits per heavy atom. The van der Waals surface area contributed by atoms with Crippen LogP contribution in [0.4, 0.5) is 4.39 Å². The topological polar surface area (TPSA) is 61.4 Å². The molecule has 2 N–H and O–H groups in total. The smallest absolute Gasteiger partial charge is 0.254 e. The van der Waals surface area contributed by atoms with Gasteiger partial charge in [-0.15, -0.1) is 12.4 Å². The average Bonchev–Trinajstić information content (AvgIpc) is 2.55. The number of hydrogen-bond donors (Lipinski definition) is 2. The zero-order chi connectivity index (χ0) is 17.1. The van der Waals surface area contributed by atoms with Crippen molar-refractivity contribution in [1.29, 1.82) is 0 Å². The number of carbonyl (C=O) groups is 2. The Labute approximate surface area is 161 Å². The van der Waals surface area contributed by atoms with Crippen LogP contribution in [0.15, 0.2) is 22.7 Å². The van der Waals surface area contributed by atoms with Crippen LogP contribution in [0.2, 0.25) is 0 Å². The number of benzene rings is 1. The van der Waals surface area contributed by atoms with Crippen LogP contribution < -0.4 is 10.6 Å². The van der Waals surface area contributed by atoms with Gasteiger partial charge < -0.3 is 15.5 Å². The molecule has 2 amide bonds. The van der Waals surface area contributed by atoms with Crippen molar-refractivity contribution in [2.75, 3.05) is 26.2 Å².